The Hall–Kier alpha value is -0.290. The fourth-order valence-electron chi connectivity index (χ4n) is 1.04. The summed E-state index contributed by atoms with van der Waals surface area (Å²) >= 11 is 7.48. The zero-order valence-corrected chi connectivity index (χ0v) is 10.8. The number of benzene rings is 1. The Morgan fingerprint density at radius 3 is 2.53 bits per heavy atom. The maximum atomic E-state index is 11.1. The Balaban J connectivity index is 2.06. The molecule has 15 heavy (non-hydrogen) atoms. The fourth-order valence-corrected chi connectivity index (χ4v) is 5.11. The van der Waals surface area contributed by atoms with Crippen LogP contribution in [0.25, 0.3) is 0 Å². The van der Waals surface area contributed by atoms with Gasteiger partial charge in [-0.2, -0.15) is 0 Å². The predicted molar refractivity (Wildman–Crippen MR) is 69.5 cm³/mol. The van der Waals surface area contributed by atoms with Crippen molar-refractivity contribution in [1.29, 1.82) is 0 Å². The summed E-state index contributed by atoms with van der Waals surface area (Å²) < 4.78 is 0.896. The molecule has 2 aromatic rings. The summed E-state index contributed by atoms with van der Waals surface area (Å²) in [6.07, 6.45) is 0. The van der Waals surface area contributed by atoms with Gasteiger partial charge >= 0.3 is 0 Å². The summed E-state index contributed by atoms with van der Waals surface area (Å²) in [5, 5.41) is 0.380. The molecule has 0 saturated heterocycles. The van der Waals surface area contributed by atoms with Crippen LogP contribution in [0, 0.1) is 0 Å². The molecule has 78 valence electrons. The summed E-state index contributed by atoms with van der Waals surface area (Å²) in [6, 6.07) is 10.1. The van der Waals surface area contributed by atoms with Crippen LogP contribution >= 0.6 is 44.0 Å². The lowest BCUT2D eigenvalue weighted by Gasteiger charge is -1.98. The Labute approximate surface area is 104 Å². The summed E-state index contributed by atoms with van der Waals surface area (Å²) in [6.45, 7) is 0. The normalized spacial score (nSPS) is 10.5. The molecule has 1 aromatic heterocycles. The fraction of sp³-hybridized carbons (Fsp3) is 0.100. The van der Waals surface area contributed by atoms with Gasteiger partial charge in [0.25, 0.3) is 4.74 Å². The standard InChI is InChI=1S/C10H7ClOS3/c11-8-9(12)14-15-10(8)13-6-7-4-2-1-3-5-7/h1-5H,6H2. The minimum Gasteiger partial charge on any atom is -0.275 e. The molecule has 0 unspecified atom stereocenters. The van der Waals surface area contributed by atoms with E-state index in [1.807, 2.05) is 18.2 Å². The predicted octanol–water partition coefficient (Wildman–Crippen LogP) is 4.12. The van der Waals surface area contributed by atoms with Gasteiger partial charge in [-0.05, 0) is 15.9 Å². The largest absolute Gasteiger partial charge is 0.275 e. The molecule has 0 N–H and O–H groups in total. The van der Waals surface area contributed by atoms with Crippen molar-refractivity contribution < 1.29 is 0 Å². The Bertz CT molecular complexity index is 489. The van der Waals surface area contributed by atoms with Gasteiger partial charge in [-0.15, -0.1) is 11.8 Å². The SMILES string of the molecule is O=c1ssc(SCc2ccccc2)c1Cl. The first kappa shape index (κ1) is 11.2. The molecule has 0 fully saturated rings. The van der Waals surface area contributed by atoms with Crippen molar-refractivity contribution in [3.05, 3.63) is 50.5 Å². The van der Waals surface area contributed by atoms with E-state index < -0.39 is 0 Å². The van der Waals surface area contributed by atoms with Gasteiger partial charge in [0.2, 0.25) is 0 Å². The maximum absolute atomic E-state index is 11.1. The van der Waals surface area contributed by atoms with Crippen LogP contribution in [0.3, 0.4) is 0 Å². The molecule has 0 atom stereocenters. The lowest BCUT2D eigenvalue weighted by Crippen LogP contribution is -1.87. The van der Waals surface area contributed by atoms with Crippen molar-refractivity contribution in [2.24, 2.45) is 0 Å². The molecule has 0 bridgehead atoms. The third-order valence-corrected chi connectivity index (χ3v) is 6.32. The topological polar surface area (TPSA) is 17.1 Å². The molecule has 1 heterocycles. The summed E-state index contributed by atoms with van der Waals surface area (Å²) in [5.74, 6) is 0.854. The van der Waals surface area contributed by atoms with E-state index in [4.69, 9.17) is 11.6 Å². The minimum atomic E-state index is -0.0303. The van der Waals surface area contributed by atoms with Crippen LogP contribution in [-0.4, -0.2) is 0 Å². The second-order valence-corrected chi connectivity index (χ2v) is 6.56. The molecule has 2 rings (SSSR count). The van der Waals surface area contributed by atoms with E-state index in [-0.39, 0.29) is 4.74 Å². The van der Waals surface area contributed by atoms with Crippen molar-refractivity contribution in [3.63, 3.8) is 0 Å². The molecule has 0 aliphatic carbocycles. The van der Waals surface area contributed by atoms with Gasteiger partial charge in [0.05, 0.1) is 4.21 Å². The summed E-state index contributed by atoms with van der Waals surface area (Å²) in [4.78, 5) is 11.1. The number of hydrogen-bond acceptors (Lipinski definition) is 4. The summed E-state index contributed by atoms with van der Waals surface area (Å²) in [7, 11) is 2.66. The maximum Gasteiger partial charge on any atom is 0.262 e. The van der Waals surface area contributed by atoms with E-state index in [1.54, 1.807) is 11.8 Å². The third-order valence-electron chi connectivity index (χ3n) is 1.76. The Morgan fingerprint density at radius 1 is 1.20 bits per heavy atom. The van der Waals surface area contributed by atoms with Gasteiger partial charge in [-0.25, -0.2) is 0 Å². The molecule has 0 spiro atoms. The molecule has 5 heteroatoms. The number of rotatable bonds is 3. The highest BCUT2D eigenvalue weighted by Crippen LogP contribution is 2.33. The van der Waals surface area contributed by atoms with E-state index in [2.05, 4.69) is 12.1 Å². The summed E-state index contributed by atoms with van der Waals surface area (Å²) in [5.41, 5.74) is 1.24. The van der Waals surface area contributed by atoms with Gasteiger partial charge in [0.1, 0.15) is 5.02 Å². The van der Waals surface area contributed by atoms with Crippen LogP contribution in [-0.2, 0) is 5.75 Å². The van der Waals surface area contributed by atoms with E-state index in [9.17, 15) is 4.79 Å². The lowest BCUT2D eigenvalue weighted by atomic mass is 10.2. The number of halogens is 1. The van der Waals surface area contributed by atoms with E-state index >= 15 is 0 Å². The van der Waals surface area contributed by atoms with Crippen LogP contribution in [0.1, 0.15) is 5.56 Å². The van der Waals surface area contributed by atoms with Gasteiger partial charge in [-0.1, -0.05) is 52.3 Å². The molecular weight excluding hydrogens is 268 g/mol. The zero-order chi connectivity index (χ0) is 10.7. The van der Waals surface area contributed by atoms with Gasteiger partial charge in [0.15, 0.2) is 0 Å². The Kier molecular flexibility index (Phi) is 3.86. The first-order valence-corrected chi connectivity index (χ1v) is 7.74. The monoisotopic (exact) mass is 274 g/mol. The van der Waals surface area contributed by atoms with Crippen molar-refractivity contribution in [1.82, 2.24) is 0 Å². The van der Waals surface area contributed by atoms with Crippen molar-refractivity contribution in [2.75, 3.05) is 0 Å². The van der Waals surface area contributed by atoms with Crippen molar-refractivity contribution in [2.45, 2.75) is 9.96 Å². The molecule has 1 aromatic carbocycles. The highest BCUT2D eigenvalue weighted by atomic mass is 35.5. The van der Waals surface area contributed by atoms with Crippen molar-refractivity contribution in [3.8, 4) is 0 Å². The molecule has 0 amide bonds. The second kappa shape index (κ2) is 5.16. The first-order valence-electron chi connectivity index (χ1n) is 4.23. The molecule has 0 aliphatic rings. The van der Waals surface area contributed by atoms with E-state index in [0.29, 0.717) is 5.02 Å². The average molecular weight is 275 g/mol. The Morgan fingerprint density at radius 2 is 1.93 bits per heavy atom. The lowest BCUT2D eigenvalue weighted by molar-refractivity contribution is 1.41. The quantitative estimate of drug-likeness (QED) is 0.619. The van der Waals surface area contributed by atoms with Crippen LogP contribution in [0.2, 0.25) is 5.02 Å². The molecule has 0 saturated carbocycles. The van der Waals surface area contributed by atoms with Crippen LogP contribution in [0.4, 0.5) is 0 Å². The van der Waals surface area contributed by atoms with Gasteiger partial charge in [-0.3, -0.25) is 4.79 Å². The van der Waals surface area contributed by atoms with E-state index in [0.717, 1.165) is 9.96 Å². The first-order chi connectivity index (χ1) is 7.27. The average Bonchev–Trinajstić information content (AvgIpc) is 2.59. The number of thioether (sulfide) groups is 1. The van der Waals surface area contributed by atoms with Crippen LogP contribution in [0.15, 0.2) is 39.3 Å². The highest BCUT2D eigenvalue weighted by Gasteiger charge is 2.08. The molecule has 0 aliphatic heterocycles. The van der Waals surface area contributed by atoms with Crippen molar-refractivity contribution >= 4 is 44.0 Å². The second-order valence-electron chi connectivity index (χ2n) is 2.83. The molecule has 1 nitrogen and oxygen atoms in total. The van der Waals surface area contributed by atoms with Crippen LogP contribution in [0.5, 0.6) is 0 Å². The van der Waals surface area contributed by atoms with Crippen LogP contribution < -0.4 is 4.74 Å². The molecular formula is C10H7ClOS3. The number of hydrogen-bond donors (Lipinski definition) is 0. The van der Waals surface area contributed by atoms with E-state index in [1.165, 1.54) is 26.2 Å². The highest BCUT2D eigenvalue weighted by molar-refractivity contribution is 8.02. The third kappa shape index (κ3) is 2.84. The zero-order valence-electron chi connectivity index (χ0n) is 7.60. The minimum absolute atomic E-state index is 0.0303. The molecule has 0 radical (unpaired) electrons. The smallest absolute Gasteiger partial charge is 0.262 e. The van der Waals surface area contributed by atoms with Gasteiger partial charge in [0, 0.05) is 5.75 Å². The van der Waals surface area contributed by atoms with Gasteiger partial charge < -0.3 is 0 Å².